The zero-order chi connectivity index (χ0) is 11.8. The average Bonchev–Trinajstić information content (AvgIpc) is 2.98. The van der Waals surface area contributed by atoms with E-state index in [1.807, 2.05) is 0 Å². The first-order valence-corrected chi connectivity index (χ1v) is 7.28. The Hall–Kier alpha value is -0.870. The van der Waals surface area contributed by atoms with E-state index in [4.69, 9.17) is 0 Å². The molecule has 0 radical (unpaired) electrons. The molecule has 0 spiro atoms. The van der Waals surface area contributed by atoms with Gasteiger partial charge in [0, 0.05) is 6.04 Å². The van der Waals surface area contributed by atoms with Crippen molar-refractivity contribution in [3.63, 3.8) is 0 Å². The minimum atomic E-state index is 0.110. The fourth-order valence-corrected chi connectivity index (χ4v) is 3.82. The van der Waals surface area contributed by atoms with E-state index in [9.17, 15) is 4.79 Å². The highest BCUT2D eigenvalue weighted by molar-refractivity contribution is 7.07. The van der Waals surface area contributed by atoms with Gasteiger partial charge in [0.25, 0.3) is 0 Å². The molecule has 17 heavy (non-hydrogen) atoms. The molecule has 3 rings (SSSR count). The van der Waals surface area contributed by atoms with Gasteiger partial charge in [0.1, 0.15) is 6.17 Å². The first-order valence-electron chi connectivity index (χ1n) is 6.34. The molecule has 2 aliphatic rings. The second-order valence-corrected chi connectivity index (χ2v) is 5.90. The molecule has 1 aliphatic heterocycles. The van der Waals surface area contributed by atoms with Crippen molar-refractivity contribution in [1.82, 2.24) is 10.2 Å². The lowest BCUT2D eigenvalue weighted by Crippen LogP contribution is -2.40. The number of nitrogens with zero attached hydrogens (tertiary/aromatic N) is 1. The van der Waals surface area contributed by atoms with Crippen LogP contribution in [0.4, 0.5) is 0 Å². The summed E-state index contributed by atoms with van der Waals surface area (Å²) < 4.78 is 0. The largest absolute Gasteiger partial charge is 0.319 e. The maximum atomic E-state index is 12.1. The Labute approximate surface area is 106 Å². The average molecular weight is 250 g/mol. The van der Waals surface area contributed by atoms with Crippen LogP contribution in [-0.2, 0) is 4.79 Å². The van der Waals surface area contributed by atoms with E-state index >= 15 is 0 Å². The molecule has 1 amide bonds. The van der Waals surface area contributed by atoms with Crippen molar-refractivity contribution in [2.24, 2.45) is 5.92 Å². The molecule has 1 N–H and O–H groups in total. The normalized spacial score (nSPS) is 33.6. The molecular formula is C13H18N2OS. The molecular weight excluding hydrogens is 232 g/mol. The summed E-state index contributed by atoms with van der Waals surface area (Å²) in [6.45, 7) is 2.76. The van der Waals surface area contributed by atoms with Crippen molar-refractivity contribution in [3.05, 3.63) is 22.4 Å². The number of hydrogen-bond acceptors (Lipinski definition) is 3. The summed E-state index contributed by atoms with van der Waals surface area (Å²) in [5.74, 6) is 0.903. The Kier molecular flexibility index (Phi) is 2.92. The van der Waals surface area contributed by atoms with E-state index in [2.05, 4.69) is 34.0 Å². The Morgan fingerprint density at radius 1 is 1.47 bits per heavy atom. The molecule has 1 aromatic rings. The Balaban J connectivity index is 1.87. The highest BCUT2D eigenvalue weighted by Crippen LogP contribution is 2.36. The number of hydrogen-bond donors (Lipinski definition) is 1. The lowest BCUT2D eigenvalue weighted by Gasteiger charge is -2.32. The van der Waals surface area contributed by atoms with E-state index in [1.54, 1.807) is 11.3 Å². The standard InChI is InChI=1S/C13H18N2OS/c1-9-3-2-4-11(9)15-12(16)7-14-13(15)10-5-6-17-8-10/h5-6,8-9,11,13-14H,2-4,7H2,1H3. The van der Waals surface area contributed by atoms with Gasteiger partial charge in [-0.25, -0.2) is 0 Å². The van der Waals surface area contributed by atoms with Gasteiger partial charge < -0.3 is 4.90 Å². The third-order valence-electron chi connectivity index (χ3n) is 4.05. The van der Waals surface area contributed by atoms with E-state index in [0.29, 0.717) is 18.5 Å². The third-order valence-corrected chi connectivity index (χ3v) is 4.75. The summed E-state index contributed by atoms with van der Waals surface area (Å²) in [7, 11) is 0. The Morgan fingerprint density at radius 2 is 2.35 bits per heavy atom. The van der Waals surface area contributed by atoms with Gasteiger partial charge in [0.2, 0.25) is 5.91 Å². The molecule has 1 aliphatic carbocycles. The molecule has 3 atom stereocenters. The Bertz CT molecular complexity index is 404. The van der Waals surface area contributed by atoms with Crippen molar-refractivity contribution in [3.8, 4) is 0 Å². The maximum Gasteiger partial charge on any atom is 0.238 e. The van der Waals surface area contributed by atoms with Crippen LogP contribution >= 0.6 is 11.3 Å². The van der Waals surface area contributed by atoms with Gasteiger partial charge in [-0.3, -0.25) is 10.1 Å². The fourth-order valence-electron chi connectivity index (χ4n) is 3.14. The van der Waals surface area contributed by atoms with Gasteiger partial charge >= 0.3 is 0 Å². The third kappa shape index (κ3) is 1.89. The maximum absolute atomic E-state index is 12.1. The van der Waals surface area contributed by atoms with Gasteiger partial charge in [-0.1, -0.05) is 13.3 Å². The smallest absolute Gasteiger partial charge is 0.238 e. The molecule has 92 valence electrons. The summed E-state index contributed by atoms with van der Waals surface area (Å²) in [5.41, 5.74) is 1.24. The minimum absolute atomic E-state index is 0.110. The highest BCUT2D eigenvalue weighted by atomic mass is 32.1. The molecule has 0 bridgehead atoms. The number of carbonyl (C=O) groups excluding carboxylic acids is 1. The zero-order valence-electron chi connectivity index (χ0n) is 10.1. The van der Waals surface area contributed by atoms with Crippen LogP contribution in [0.1, 0.15) is 37.9 Å². The van der Waals surface area contributed by atoms with Gasteiger partial charge in [-0.15, -0.1) is 0 Å². The molecule has 3 nitrogen and oxygen atoms in total. The van der Waals surface area contributed by atoms with Crippen molar-refractivity contribution >= 4 is 17.2 Å². The van der Waals surface area contributed by atoms with E-state index in [-0.39, 0.29) is 12.1 Å². The number of amides is 1. The highest BCUT2D eigenvalue weighted by Gasteiger charge is 2.40. The first kappa shape index (κ1) is 11.2. The van der Waals surface area contributed by atoms with Crippen molar-refractivity contribution in [2.45, 2.75) is 38.4 Å². The summed E-state index contributed by atoms with van der Waals surface area (Å²) in [4.78, 5) is 14.2. The second kappa shape index (κ2) is 4.42. The molecule has 3 unspecified atom stereocenters. The summed E-state index contributed by atoms with van der Waals surface area (Å²) in [6, 6.07) is 2.55. The Morgan fingerprint density at radius 3 is 3.00 bits per heavy atom. The van der Waals surface area contributed by atoms with E-state index in [0.717, 1.165) is 6.42 Å². The molecule has 1 aromatic heterocycles. The minimum Gasteiger partial charge on any atom is -0.319 e. The number of rotatable bonds is 2. The lowest BCUT2D eigenvalue weighted by molar-refractivity contribution is -0.131. The molecule has 2 heterocycles. The first-order chi connectivity index (χ1) is 8.27. The number of nitrogens with one attached hydrogen (secondary N) is 1. The van der Waals surface area contributed by atoms with E-state index in [1.165, 1.54) is 18.4 Å². The predicted octanol–water partition coefficient (Wildman–Crippen LogP) is 2.37. The lowest BCUT2D eigenvalue weighted by atomic mass is 10.0. The fraction of sp³-hybridized carbons (Fsp3) is 0.615. The quantitative estimate of drug-likeness (QED) is 0.874. The van der Waals surface area contributed by atoms with Crippen LogP contribution in [0.25, 0.3) is 0 Å². The van der Waals surface area contributed by atoms with Crippen molar-refractivity contribution in [1.29, 1.82) is 0 Å². The van der Waals surface area contributed by atoms with Gasteiger partial charge in [0.05, 0.1) is 6.54 Å². The molecule has 0 aromatic carbocycles. The van der Waals surface area contributed by atoms with E-state index < -0.39 is 0 Å². The summed E-state index contributed by atoms with van der Waals surface area (Å²) in [6.07, 6.45) is 3.78. The van der Waals surface area contributed by atoms with Crippen LogP contribution in [0.15, 0.2) is 16.8 Å². The van der Waals surface area contributed by atoms with Crippen LogP contribution in [0, 0.1) is 5.92 Å². The summed E-state index contributed by atoms with van der Waals surface area (Å²) >= 11 is 1.70. The summed E-state index contributed by atoms with van der Waals surface area (Å²) in [5, 5.41) is 7.56. The molecule has 1 saturated carbocycles. The van der Waals surface area contributed by atoms with Crippen molar-refractivity contribution < 1.29 is 4.79 Å². The van der Waals surface area contributed by atoms with Gasteiger partial charge in [0.15, 0.2) is 0 Å². The van der Waals surface area contributed by atoms with Crippen LogP contribution < -0.4 is 5.32 Å². The molecule has 2 fully saturated rings. The molecule has 4 heteroatoms. The zero-order valence-corrected chi connectivity index (χ0v) is 10.9. The predicted molar refractivity (Wildman–Crippen MR) is 68.7 cm³/mol. The monoisotopic (exact) mass is 250 g/mol. The SMILES string of the molecule is CC1CCCC1N1C(=O)CNC1c1ccsc1. The number of carbonyl (C=O) groups is 1. The van der Waals surface area contributed by atoms with Crippen LogP contribution in [-0.4, -0.2) is 23.4 Å². The molecule has 1 saturated heterocycles. The second-order valence-electron chi connectivity index (χ2n) is 5.12. The van der Waals surface area contributed by atoms with Crippen molar-refractivity contribution in [2.75, 3.05) is 6.54 Å². The van der Waals surface area contributed by atoms with Crippen LogP contribution in [0.5, 0.6) is 0 Å². The number of thiophene rings is 1. The van der Waals surface area contributed by atoms with Gasteiger partial charge in [-0.05, 0) is 41.1 Å². The topological polar surface area (TPSA) is 32.3 Å². The van der Waals surface area contributed by atoms with Crippen LogP contribution in [0.3, 0.4) is 0 Å². The van der Waals surface area contributed by atoms with Crippen LogP contribution in [0.2, 0.25) is 0 Å². The van der Waals surface area contributed by atoms with Gasteiger partial charge in [-0.2, -0.15) is 11.3 Å².